The zero-order chi connectivity index (χ0) is 11.5. The number of hydrogen-bond acceptors (Lipinski definition) is 3. The Hall–Kier alpha value is -0.770. The second-order valence-corrected chi connectivity index (χ2v) is 4.44. The van der Waals surface area contributed by atoms with Crippen LogP contribution >= 0.6 is 11.6 Å². The molecule has 0 radical (unpaired) electrons. The lowest BCUT2D eigenvalue weighted by Gasteiger charge is -2.33. The van der Waals surface area contributed by atoms with Crippen molar-refractivity contribution in [3.8, 4) is 5.75 Å². The van der Waals surface area contributed by atoms with Gasteiger partial charge in [-0.05, 0) is 24.2 Å². The molecular formula is C12H16ClNO2. The number of ether oxygens (including phenoxy) is 2. The molecule has 4 heteroatoms. The largest absolute Gasteiger partial charge is 0.495 e. The minimum Gasteiger partial charge on any atom is -0.495 e. The van der Waals surface area contributed by atoms with Crippen molar-refractivity contribution >= 4 is 11.6 Å². The molecule has 2 rings (SSSR count). The average Bonchev–Trinajstić information content (AvgIpc) is 2.23. The predicted octanol–water partition coefficient (Wildman–Crippen LogP) is 2.04. The van der Waals surface area contributed by atoms with Crippen molar-refractivity contribution < 1.29 is 9.47 Å². The highest BCUT2D eigenvalue weighted by molar-refractivity contribution is 6.32. The molecule has 0 spiro atoms. The molecule has 1 saturated heterocycles. The monoisotopic (exact) mass is 241 g/mol. The van der Waals surface area contributed by atoms with E-state index in [-0.39, 0.29) is 0 Å². The molecule has 1 aliphatic rings. The number of methoxy groups -OCH3 is 1. The predicted molar refractivity (Wildman–Crippen MR) is 64.1 cm³/mol. The van der Waals surface area contributed by atoms with E-state index in [0.717, 1.165) is 13.2 Å². The van der Waals surface area contributed by atoms with Crippen LogP contribution in [0.25, 0.3) is 0 Å². The fraction of sp³-hybridized carbons (Fsp3) is 0.500. The molecule has 16 heavy (non-hydrogen) atoms. The number of halogens is 1. The molecule has 1 aliphatic heterocycles. The van der Waals surface area contributed by atoms with Crippen LogP contribution in [0.1, 0.15) is 11.5 Å². The summed E-state index contributed by atoms with van der Waals surface area (Å²) in [6, 6.07) is 5.86. The van der Waals surface area contributed by atoms with Gasteiger partial charge < -0.3 is 15.2 Å². The second-order valence-electron chi connectivity index (χ2n) is 4.03. The van der Waals surface area contributed by atoms with Crippen molar-refractivity contribution in [3.05, 3.63) is 28.8 Å². The van der Waals surface area contributed by atoms with E-state index in [1.165, 1.54) is 5.56 Å². The van der Waals surface area contributed by atoms with Crippen LogP contribution in [0.4, 0.5) is 0 Å². The first kappa shape index (κ1) is 11.7. The molecule has 0 aromatic heterocycles. The molecule has 0 saturated carbocycles. The van der Waals surface area contributed by atoms with Gasteiger partial charge in [0.1, 0.15) is 5.75 Å². The van der Waals surface area contributed by atoms with Crippen molar-refractivity contribution in [2.75, 3.05) is 26.9 Å². The van der Waals surface area contributed by atoms with Crippen LogP contribution in [-0.4, -0.2) is 26.9 Å². The number of nitrogens with two attached hydrogens (primary N) is 1. The molecule has 0 amide bonds. The van der Waals surface area contributed by atoms with Gasteiger partial charge in [-0.2, -0.15) is 0 Å². The quantitative estimate of drug-likeness (QED) is 0.878. The van der Waals surface area contributed by atoms with Gasteiger partial charge in [-0.25, -0.2) is 0 Å². The molecule has 1 unspecified atom stereocenters. The van der Waals surface area contributed by atoms with Gasteiger partial charge in [0.05, 0.1) is 25.3 Å². The lowest BCUT2D eigenvalue weighted by molar-refractivity contribution is -0.0437. The summed E-state index contributed by atoms with van der Waals surface area (Å²) in [5, 5.41) is 0.638. The SMILES string of the molecule is COc1ccc(C(CN)C2COC2)cc1Cl. The topological polar surface area (TPSA) is 44.5 Å². The van der Waals surface area contributed by atoms with Crippen LogP contribution in [0, 0.1) is 5.92 Å². The van der Waals surface area contributed by atoms with Crippen molar-refractivity contribution in [1.82, 2.24) is 0 Å². The Morgan fingerprint density at radius 2 is 2.31 bits per heavy atom. The van der Waals surface area contributed by atoms with Gasteiger partial charge in [0, 0.05) is 11.8 Å². The minimum atomic E-state index is 0.331. The third-order valence-electron chi connectivity index (χ3n) is 3.09. The summed E-state index contributed by atoms with van der Waals surface area (Å²) in [5.74, 6) is 1.55. The van der Waals surface area contributed by atoms with E-state index < -0.39 is 0 Å². The van der Waals surface area contributed by atoms with Crippen LogP contribution in [0.3, 0.4) is 0 Å². The molecule has 1 atom stereocenters. The maximum absolute atomic E-state index is 6.10. The molecule has 3 nitrogen and oxygen atoms in total. The van der Waals surface area contributed by atoms with Crippen LogP contribution in [0.15, 0.2) is 18.2 Å². The molecule has 0 bridgehead atoms. The van der Waals surface area contributed by atoms with Crippen LogP contribution in [-0.2, 0) is 4.74 Å². The van der Waals surface area contributed by atoms with Gasteiger partial charge in [-0.15, -0.1) is 0 Å². The molecule has 88 valence electrons. The zero-order valence-electron chi connectivity index (χ0n) is 9.28. The summed E-state index contributed by atoms with van der Waals surface area (Å²) >= 11 is 6.10. The van der Waals surface area contributed by atoms with E-state index in [2.05, 4.69) is 0 Å². The zero-order valence-corrected chi connectivity index (χ0v) is 10.0. The van der Waals surface area contributed by atoms with E-state index >= 15 is 0 Å². The van der Waals surface area contributed by atoms with Gasteiger partial charge in [-0.3, -0.25) is 0 Å². The van der Waals surface area contributed by atoms with Crippen LogP contribution < -0.4 is 10.5 Å². The van der Waals surface area contributed by atoms with E-state index in [9.17, 15) is 0 Å². The van der Waals surface area contributed by atoms with Crippen molar-refractivity contribution in [3.63, 3.8) is 0 Å². The van der Waals surface area contributed by atoms with Gasteiger partial charge >= 0.3 is 0 Å². The highest BCUT2D eigenvalue weighted by Crippen LogP contribution is 2.33. The molecule has 2 N–H and O–H groups in total. The Balaban J connectivity index is 2.21. The van der Waals surface area contributed by atoms with E-state index in [4.69, 9.17) is 26.8 Å². The third kappa shape index (κ3) is 2.17. The number of hydrogen-bond donors (Lipinski definition) is 1. The minimum absolute atomic E-state index is 0.331. The third-order valence-corrected chi connectivity index (χ3v) is 3.39. The first-order chi connectivity index (χ1) is 7.76. The molecule has 1 fully saturated rings. The maximum atomic E-state index is 6.10. The smallest absolute Gasteiger partial charge is 0.137 e. The van der Waals surface area contributed by atoms with Gasteiger partial charge in [0.25, 0.3) is 0 Å². The van der Waals surface area contributed by atoms with Crippen molar-refractivity contribution in [2.24, 2.45) is 11.7 Å². The summed E-state index contributed by atoms with van der Waals surface area (Å²) in [6.07, 6.45) is 0. The van der Waals surface area contributed by atoms with E-state index in [1.807, 2.05) is 18.2 Å². The fourth-order valence-corrected chi connectivity index (χ4v) is 2.27. The van der Waals surface area contributed by atoms with Crippen molar-refractivity contribution in [2.45, 2.75) is 5.92 Å². The summed E-state index contributed by atoms with van der Waals surface area (Å²) in [4.78, 5) is 0. The van der Waals surface area contributed by atoms with Crippen LogP contribution in [0.5, 0.6) is 5.75 Å². The first-order valence-corrected chi connectivity index (χ1v) is 5.75. The average molecular weight is 242 g/mol. The van der Waals surface area contributed by atoms with Gasteiger partial charge in [-0.1, -0.05) is 17.7 Å². The van der Waals surface area contributed by atoms with E-state index in [1.54, 1.807) is 7.11 Å². The summed E-state index contributed by atoms with van der Waals surface area (Å²) < 4.78 is 10.3. The van der Waals surface area contributed by atoms with Gasteiger partial charge in [0.2, 0.25) is 0 Å². The summed E-state index contributed by atoms with van der Waals surface area (Å²) in [6.45, 7) is 2.22. The number of benzene rings is 1. The lowest BCUT2D eigenvalue weighted by atomic mass is 9.85. The molecule has 1 aromatic rings. The van der Waals surface area contributed by atoms with E-state index in [0.29, 0.717) is 29.2 Å². The Bertz CT molecular complexity index is 366. The van der Waals surface area contributed by atoms with Gasteiger partial charge in [0.15, 0.2) is 0 Å². The Morgan fingerprint density at radius 3 is 2.75 bits per heavy atom. The Morgan fingerprint density at radius 1 is 1.56 bits per heavy atom. The first-order valence-electron chi connectivity index (χ1n) is 5.37. The highest BCUT2D eigenvalue weighted by Gasteiger charge is 2.28. The standard InChI is InChI=1S/C12H16ClNO2/c1-15-12-3-2-8(4-11(12)13)10(5-14)9-6-16-7-9/h2-4,9-10H,5-7,14H2,1H3. The normalized spacial score (nSPS) is 17.9. The fourth-order valence-electron chi connectivity index (χ4n) is 2.00. The molecule has 0 aliphatic carbocycles. The van der Waals surface area contributed by atoms with Crippen molar-refractivity contribution in [1.29, 1.82) is 0 Å². The Kier molecular flexibility index (Phi) is 3.69. The molecule has 1 heterocycles. The number of rotatable bonds is 4. The summed E-state index contributed by atoms with van der Waals surface area (Å²) in [5.41, 5.74) is 6.97. The molecular weight excluding hydrogens is 226 g/mol. The maximum Gasteiger partial charge on any atom is 0.137 e. The Labute approximate surface area is 100 Å². The summed E-state index contributed by atoms with van der Waals surface area (Å²) in [7, 11) is 1.61. The molecule has 1 aromatic carbocycles. The highest BCUT2D eigenvalue weighted by atomic mass is 35.5. The second kappa shape index (κ2) is 5.04. The van der Waals surface area contributed by atoms with Crippen LogP contribution in [0.2, 0.25) is 5.02 Å². The lowest BCUT2D eigenvalue weighted by Crippen LogP contribution is -2.36.